The van der Waals surface area contributed by atoms with Crippen LogP contribution in [0.5, 0.6) is 0 Å². The van der Waals surface area contributed by atoms with Crippen LogP contribution in [0, 0.1) is 0 Å². The first-order valence-corrected chi connectivity index (χ1v) is 6.88. The Balaban J connectivity index is 1.76. The van der Waals surface area contributed by atoms with Crippen molar-refractivity contribution >= 4 is 5.91 Å². The van der Waals surface area contributed by atoms with Gasteiger partial charge in [-0.2, -0.15) is 0 Å². The molecule has 0 saturated carbocycles. The predicted octanol–water partition coefficient (Wildman–Crippen LogP) is 2.08. The normalized spacial score (nSPS) is 21.3. The molecule has 1 aliphatic carbocycles. The molecular formula is C15H22N2O. The van der Waals surface area contributed by atoms with Crippen LogP contribution in [0.4, 0.5) is 0 Å². The molecule has 98 valence electrons. The molecule has 1 amide bonds. The van der Waals surface area contributed by atoms with Gasteiger partial charge in [0.25, 0.3) is 0 Å². The topological polar surface area (TPSA) is 41.1 Å². The highest BCUT2D eigenvalue weighted by atomic mass is 16.1. The summed E-state index contributed by atoms with van der Waals surface area (Å²) in [5.41, 5.74) is 2.87. The van der Waals surface area contributed by atoms with E-state index >= 15 is 0 Å². The van der Waals surface area contributed by atoms with Crippen molar-refractivity contribution in [2.45, 2.75) is 38.6 Å². The highest BCUT2D eigenvalue weighted by Crippen LogP contribution is 2.25. The summed E-state index contributed by atoms with van der Waals surface area (Å²) >= 11 is 0. The van der Waals surface area contributed by atoms with Gasteiger partial charge in [-0.3, -0.25) is 4.79 Å². The largest absolute Gasteiger partial charge is 0.356 e. The first-order valence-electron chi connectivity index (χ1n) is 6.88. The minimum atomic E-state index is 0.184. The van der Waals surface area contributed by atoms with Crippen molar-refractivity contribution in [1.82, 2.24) is 10.6 Å². The van der Waals surface area contributed by atoms with E-state index in [-0.39, 0.29) is 5.91 Å². The Hall–Kier alpha value is -1.35. The number of rotatable bonds is 6. The average molecular weight is 246 g/mol. The maximum Gasteiger partial charge on any atom is 0.220 e. The highest BCUT2D eigenvalue weighted by Gasteiger charge is 2.21. The van der Waals surface area contributed by atoms with Crippen molar-refractivity contribution in [1.29, 1.82) is 0 Å². The molecule has 2 aliphatic rings. The van der Waals surface area contributed by atoms with Crippen LogP contribution in [0.2, 0.25) is 0 Å². The quantitative estimate of drug-likeness (QED) is 0.753. The third kappa shape index (κ3) is 3.33. The Bertz CT molecular complexity index is 393. The van der Waals surface area contributed by atoms with Crippen molar-refractivity contribution < 1.29 is 4.79 Å². The summed E-state index contributed by atoms with van der Waals surface area (Å²) in [6.45, 7) is 3.83. The van der Waals surface area contributed by atoms with E-state index in [1.54, 1.807) is 0 Å². The molecule has 1 atom stereocenters. The fraction of sp³-hybridized carbons (Fsp3) is 0.533. The third-order valence-corrected chi connectivity index (χ3v) is 3.42. The van der Waals surface area contributed by atoms with Gasteiger partial charge in [-0.1, -0.05) is 36.8 Å². The van der Waals surface area contributed by atoms with E-state index in [9.17, 15) is 4.79 Å². The molecule has 0 aromatic carbocycles. The van der Waals surface area contributed by atoms with Crippen LogP contribution in [0.1, 0.15) is 32.6 Å². The lowest BCUT2D eigenvalue weighted by atomic mass is 9.98. The van der Waals surface area contributed by atoms with Gasteiger partial charge < -0.3 is 10.6 Å². The van der Waals surface area contributed by atoms with Crippen LogP contribution in [0.15, 0.2) is 35.5 Å². The van der Waals surface area contributed by atoms with Gasteiger partial charge in [0.05, 0.1) is 6.04 Å². The molecule has 3 heteroatoms. The van der Waals surface area contributed by atoms with E-state index in [0.717, 1.165) is 32.4 Å². The number of hydrogen-bond acceptors (Lipinski definition) is 2. The minimum absolute atomic E-state index is 0.184. The van der Waals surface area contributed by atoms with Crippen molar-refractivity contribution in [3.63, 3.8) is 0 Å². The second kappa shape index (κ2) is 6.55. The number of allylic oxidation sites excluding steroid dienone is 2. The van der Waals surface area contributed by atoms with Gasteiger partial charge >= 0.3 is 0 Å². The molecule has 0 bridgehead atoms. The Morgan fingerprint density at radius 1 is 1.50 bits per heavy atom. The van der Waals surface area contributed by atoms with Gasteiger partial charge in [0.1, 0.15) is 0 Å². The number of nitrogens with one attached hydrogen (secondary N) is 2. The summed E-state index contributed by atoms with van der Waals surface area (Å²) in [5, 5.41) is 6.39. The molecule has 1 aliphatic heterocycles. The number of carbonyl (C=O) groups excluding carboxylic acids is 1. The predicted molar refractivity (Wildman–Crippen MR) is 74.2 cm³/mol. The molecule has 0 spiro atoms. The van der Waals surface area contributed by atoms with Gasteiger partial charge in [0, 0.05) is 19.5 Å². The lowest BCUT2D eigenvalue weighted by Gasteiger charge is -2.10. The maximum absolute atomic E-state index is 11.5. The molecule has 0 aromatic heterocycles. The Kier molecular flexibility index (Phi) is 4.76. The SMILES string of the molecule is CCCNC(=O)CCCC1=C2C=CC=CC2NC1. The van der Waals surface area contributed by atoms with Gasteiger partial charge in [-0.05, 0) is 24.8 Å². The van der Waals surface area contributed by atoms with Crippen LogP contribution in [0.3, 0.4) is 0 Å². The van der Waals surface area contributed by atoms with Crippen LogP contribution in [0.25, 0.3) is 0 Å². The lowest BCUT2D eigenvalue weighted by Crippen LogP contribution is -2.23. The van der Waals surface area contributed by atoms with Gasteiger partial charge in [-0.25, -0.2) is 0 Å². The molecular weight excluding hydrogens is 224 g/mol. The molecule has 0 saturated heterocycles. The second-order valence-electron chi connectivity index (χ2n) is 4.86. The average Bonchev–Trinajstić information content (AvgIpc) is 2.80. The fourth-order valence-corrected chi connectivity index (χ4v) is 2.44. The number of hydrogen-bond donors (Lipinski definition) is 2. The molecule has 0 aromatic rings. The Labute approximate surface area is 109 Å². The molecule has 2 rings (SSSR count). The minimum Gasteiger partial charge on any atom is -0.356 e. The van der Waals surface area contributed by atoms with Crippen LogP contribution in [-0.2, 0) is 4.79 Å². The van der Waals surface area contributed by atoms with Crippen LogP contribution >= 0.6 is 0 Å². The lowest BCUT2D eigenvalue weighted by molar-refractivity contribution is -0.121. The molecule has 1 unspecified atom stereocenters. The summed E-state index contributed by atoms with van der Waals surface area (Å²) in [5.74, 6) is 0.184. The number of fused-ring (bicyclic) bond motifs is 1. The second-order valence-corrected chi connectivity index (χ2v) is 4.86. The third-order valence-electron chi connectivity index (χ3n) is 3.42. The number of carbonyl (C=O) groups is 1. The summed E-state index contributed by atoms with van der Waals surface area (Å²) in [6.07, 6.45) is 12.2. The summed E-state index contributed by atoms with van der Waals surface area (Å²) in [6, 6.07) is 0.402. The summed E-state index contributed by atoms with van der Waals surface area (Å²) in [4.78, 5) is 11.5. The Morgan fingerprint density at radius 3 is 3.22 bits per heavy atom. The highest BCUT2D eigenvalue weighted by molar-refractivity contribution is 5.75. The molecule has 0 radical (unpaired) electrons. The van der Waals surface area contributed by atoms with Gasteiger partial charge in [0.2, 0.25) is 5.91 Å². The monoisotopic (exact) mass is 246 g/mol. The zero-order valence-corrected chi connectivity index (χ0v) is 11.0. The molecule has 3 nitrogen and oxygen atoms in total. The van der Waals surface area contributed by atoms with Gasteiger partial charge in [-0.15, -0.1) is 0 Å². The molecule has 2 N–H and O–H groups in total. The van der Waals surface area contributed by atoms with Gasteiger partial charge in [0.15, 0.2) is 0 Å². The fourth-order valence-electron chi connectivity index (χ4n) is 2.44. The number of amides is 1. The zero-order chi connectivity index (χ0) is 12.8. The van der Waals surface area contributed by atoms with Crippen LogP contribution < -0.4 is 10.6 Å². The molecule has 18 heavy (non-hydrogen) atoms. The maximum atomic E-state index is 11.5. The standard InChI is InChI=1S/C15H22N2O/c1-2-10-16-15(18)9-5-6-12-11-17-14-8-4-3-7-13(12)14/h3-4,7-8,14,17H,2,5-6,9-11H2,1H3,(H,16,18). The smallest absolute Gasteiger partial charge is 0.220 e. The van der Waals surface area contributed by atoms with Crippen molar-refractivity contribution in [3.8, 4) is 0 Å². The first-order chi connectivity index (χ1) is 8.81. The van der Waals surface area contributed by atoms with Crippen molar-refractivity contribution in [2.75, 3.05) is 13.1 Å². The van der Waals surface area contributed by atoms with E-state index in [4.69, 9.17) is 0 Å². The van der Waals surface area contributed by atoms with Crippen molar-refractivity contribution in [2.24, 2.45) is 0 Å². The van der Waals surface area contributed by atoms with E-state index in [0.29, 0.717) is 12.5 Å². The van der Waals surface area contributed by atoms with Crippen molar-refractivity contribution in [3.05, 3.63) is 35.5 Å². The van der Waals surface area contributed by atoms with E-state index in [1.807, 2.05) is 0 Å². The first kappa shape index (κ1) is 13.1. The molecule has 0 fully saturated rings. The zero-order valence-electron chi connectivity index (χ0n) is 11.0. The Morgan fingerprint density at radius 2 is 2.39 bits per heavy atom. The summed E-state index contributed by atoms with van der Waals surface area (Å²) < 4.78 is 0. The molecule has 1 heterocycles. The van der Waals surface area contributed by atoms with E-state index < -0.39 is 0 Å². The summed E-state index contributed by atoms with van der Waals surface area (Å²) in [7, 11) is 0. The van der Waals surface area contributed by atoms with E-state index in [2.05, 4.69) is 41.9 Å². The van der Waals surface area contributed by atoms with Crippen LogP contribution in [-0.4, -0.2) is 25.0 Å². The van der Waals surface area contributed by atoms with E-state index in [1.165, 1.54) is 11.1 Å².